The largest absolute Gasteiger partial charge is 0.373 e. The molecule has 4 nitrogen and oxygen atoms in total. The van der Waals surface area contributed by atoms with Crippen molar-refractivity contribution >= 4 is 50.5 Å². The van der Waals surface area contributed by atoms with Crippen molar-refractivity contribution in [2.75, 3.05) is 5.32 Å². The van der Waals surface area contributed by atoms with Gasteiger partial charge in [0.2, 0.25) is 0 Å². The van der Waals surface area contributed by atoms with E-state index in [1.165, 1.54) is 6.07 Å². The van der Waals surface area contributed by atoms with Gasteiger partial charge >= 0.3 is 0 Å². The molecular formula is C15H13BrCl2N2O2. The van der Waals surface area contributed by atoms with Gasteiger partial charge in [-0.15, -0.1) is 0 Å². The van der Waals surface area contributed by atoms with Gasteiger partial charge in [0, 0.05) is 20.6 Å². The minimum atomic E-state index is -0.405. The smallest absolute Gasteiger partial charge is 0.292 e. The number of nitro benzene ring substituents is 1. The maximum atomic E-state index is 11.2. The highest BCUT2D eigenvalue weighted by Gasteiger charge is 2.20. The third-order valence-electron chi connectivity index (χ3n) is 3.36. The van der Waals surface area contributed by atoms with Crippen LogP contribution in [0.3, 0.4) is 0 Å². The van der Waals surface area contributed by atoms with Crippen LogP contribution >= 0.6 is 39.1 Å². The van der Waals surface area contributed by atoms with Crippen LogP contribution < -0.4 is 5.32 Å². The number of rotatable bonds is 4. The van der Waals surface area contributed by atoms with Gasteiger partial charge in [0.1, 0.15) is 5.69 Å². The summed E-state index contributed by atoms with van der Waals surface area (Å²) in [4.78, 5) is 10.8. The Kier molecular flexibility index (Phi) is 5.32. The van der Waals surface area contributed by atoms with Crippen molar-refractivity contribution in [2.24, 2.45) is 0 Å². The van der Waals surface area contributed by atoms with Crippen molar-refractivity contribution in [3.05, 3.63) is 66.1 Å². The second-order valence-electron chi connectivity index (χ2n) is 4.86. The molecule has 1 atom stereocenters. The normalized spacial score (nSPS) is 12.0. The van der Waals surface area contributed by atoms with E-state index in [4.69, 9.17) is 23.2 Å². The topological polar surface area (TPSA) is 55.2 Å². The van der Waals surface area contributed by atoms with Crippen LogP contribution in [0, 0.1) is 17.0 Å². The molecule has 0 aromatic heterocycles. The van der Waals surface area contributed by atoms with Gasteiger partial charge < -0.3 is 5.32 Å². The monoisotopic (exact) mass is 402 g/mol. The molecule has 0 heterocycles. The SMILES string of the molecule is Cc1c(Br)ccc([N+](=O)[O-])c1N[C@H](C)c1ccc(Cl)cc1Cl. The summed E-state index contributed by atoms with van der Waals surface area (Å²) in [6, 6.07) is 8.12. The molecule has 1 N–H and O–H groups in total. The number of nitrogens with zero attached hydrogens (tertiary/aromatic N) is 1. The minimum Gasteiger partial charge on any atom is -0.373 e. The predicted molar refractivity (Wildman–Crippen MR) is 94.0 cm³/mol. The first kappa shape index (κ1) is 17.1. The summed E-state index contributed by atoms with van der Waals surface area (Å²) >= 11 is 15.5. The summed E-state index contributed by atoms with van der Waals surface area (Å²) in [6.07, 6.45) is 0. The lowest BCUT2D eigenvalue weighted by molar-refractivity contribution is -0.384. The van der Waals surface area contributed by atoms with Gasteiger partial charge in [-0.2, -0.15) is 0 Å². The van der Waals surface area contributed by atoms with Crippen LogP contribution in [0.15, 0.2) is 34.8 Å². The molecule has 2 aromatic rings. The van der Waals surface area contributed by atoms with Gasteiger partial charge in [-0.3, -0.25) is 10.1 Å². The van der Waals surface area contributed by atoms with Crippen LogP contribution in [0.1, 0.15) is 24.1 Å². The Morgan fingerprint density at radius 1 is 1.27 bits per heavy atom. The highest BCUT2D eigenvalue weighted by molar-refractivity contribution is 9.10. The fraction of sp³-hybridized carbons (Fsp3) is 0.200. The molecule has 0 aliphatic heterocycles. The van der Waals surface area contributed by atoms with Crippen molar-refractivity contribution in [1.29, 1.82) is 0 Å². The van der Waals surface area contributed by atoms with Crippen LogP contribution in [0.5, 0.6) is 0 Å². The Morgan fingerprint density at radius 2 is 1.95 bits per heavy atom. The van der Waals surface area contributed by atoms with Crippen molar-refractivity contribution in [2.45, 2.75) is 19.9 Å². The summed E-state index contributed by atoms with van der Waals surface area (Å²) in [6.45, 7) is 3.70. The molecule has 0 saturated heterocycles. The first-order valence-corrected chi connectivity index (χ1v) is 8.01. The number of nitrogens with one attached hydrogen (secondary N) is 1. The third kappa shape index (κ3) is 3.54. The van der Waals surface area contributed by atoms with E-state index in [1.54, 1.807) is 18.2 Å². The Bertz CT molecular complexity index is 738. The quantitative estimate of drug-likeness (QED) is 0.492. The lowest BCUT2D eigenvalue weighted by Crippen LogP contribution is -2.10. The molecule has 2 rings (SSSR count). The maximum absolute atomic E-state index is 11.2. The Labute approximate surface area is 146 Å². The molecule has 0 aliphatic rings. The Balaban J connectivity index is 2.41. The van der Waals surface area contributed by atoms with E-state index in [0.29, 0.717) is 15.7 Å². The van der Waals surface area contributed by atoms with Crippen molar-refractivity contribution in [3.63, 3.8) is 0 Å². The van der Waals surface area contributed by atoms with E-state index >= 15 is 0 Å². The van der Waals surface area contributed by atoms with Gasteiger partial charge in [0.25, 0.3) is 5.69 Å². The van der Waals surface area contributed by atoms with Crippen molar-refractivity contribution in [1.82, 2.24) is 0 Å². The van der Waals surface area contributed by atoms with Crippen molar-refractivity contribution in [3.8, 4) is 0 Å². The number of halogens is 3. The van der Waals surface area contributed by atoms with E-state index < -0.39 is 4.92 Å². The first-order valence-electron chi connectivity index (χ1n) is 6.46. The molecule has 0 spiro atoms. The molecule has 116 valence electrons. The molecule has 0 aliphatic carbocycles. The first-order chi connectivity index (χ1) is 10.3. The van der Waals surface area contributed by atoms with Crippen LogP contribution in [0.2, 0.25) is 10.0 Å². The highest BCUT2D eigenvalue weighted by Crippen LogP contribution is 2.36. The summed E-state index contributed by atoms with van der Waals surface area (Å²) < 4.78 is 0.801. The molecule has 0 unspecified atom stereocenters. The Hall–Kier alpha value is -1.30. The molecule has 7 heteroatoms. The van der Waals surface area contributed by atoms with Crippen molar-refractivity contribution < 1.29 is 4.92 Å². The fourth-order valence-corrected chi connectivity index (χ4v) is 3.06. The zero-order chi connectivity index (χ0) is 16.4. The molecule has 0 fully saturated rings. The van der Waals surface area contributed by atoms with E-state index in [2.05, 4.69) is 21.2 Å². The summed E-state index contributed by atoms with van der Waals surface area (Å²) in [5.41, 5.74) is 2.08. The zero-order valence-electron chi connectivity index (χ0n) is 11.9. The lowest BCUT2D eigenvalue weighted by atomic mass is 10.1. The second-order valence-corrected chi connectivity index (χ2v) is 6.55. The van der Waals surface area contributed by atoms with Crippen LogP contribution in [-0.2, 0) is 0 Å². The van der Waals surface area contributed by atoms with E-state index in [1.807, 2.05) is 19.9 Å². The van der Waals surface area contributed by atoms with Gasteiger partial charge in [0.05, 0.1) is 11.0 Å². The average Bonchev–Trinajstić information content (AvgIpc) is 2.43. The molecular weight excluding hydrogens is 391 g/mol. The van der Waals surface area contributed by atoms with Crippen LogP contribution in [0.4, 0.5) is 11.4 Å². The molecule has 0 bridgehead atoms. The molecule has 0 saturated carbocycles. The van der Waals surface area contributed by atoms with E-state index in [-0.39, 0.29) is 11.7 Å². The summed E-state index contributed by atoms with van der Waals surface area (Å²) in [5, 5.41) is 15.5. The molecule has 22 heavy (non-hydrogen) atoms. The molecule has 2 aromatic carbocycles. The minimum absolute atomic E-state index is 0.0256. The number of hydrogen-bond donors (Lipinski definition) is 1. The standard InChI is InChI=1S/C15H13BrCl2N2O2/c1-8-12(16)5-6-14(20(21)22)15(8)19-9(2)11-4-3-10(17)7-13(11)18/h3-7,9,19H,1-2H3/t9-/m1/s1. The number of anilines is 1. The average molecular weight is 404 g/mol. The number of benzene rings is 2. The number of hydrogen-bond acceptors (Lipinski definition) is 3. The summed E-state index contributed by atoms with van der Waals surface area (Å²) in [7, 11) is 0. The van der Waals surface area contributed by atoms with Crippen LogP contribution in [0.25, 0.3) is 0 Å². The van der Waals surface area contributed by atoms with Gasteiger partial charge in [-0.05, 0) is 43.2 Å². The third-order valence-corrected chi connectivity index (χ3v) is 4.78. The predicted octanol–water partition coefficient (Wildman–Crippen LogP) is 6.15. The summed E-state index contributed by atoms with van der Waals surface area (Å²) in [5.74, 6) is 0. The van der Waals surface area contributed by atoms with Gasteiger partial charge in [0.15, 0.2) is 0 Å². The molecule has 0 amide bonds. The second kappa shape index (κ2) is 6.86. The van der Waals surface area contributed by atoms with E-state index in [9.17, 15) is 10.1 Å². The molecule has 0 radical (unpaired) electrons. The van der Waals surface area contributed by atoms with E-state index in [0.717, 1.165) is 15.6 Å². The fourth-order valence-electron chi connectivity index (χ4n) is 2.15. The number of nitro groups is 1. The lowest BCUT2D eigenvalue weighted by Gasteiger charge is -2.19. The maximum Gasteiger partial charge on any atom is 0.292 e. The highest BCUT2D eigenvalue weighted by atomic mass is 79.9. The Morgan fingerprint density at radius 3 is 2.55 bits per heavy atom. The zero-order valence-corrected chi connectivity index (χ0v) is 15.0. The van der Waals surface area contributed by atoms with Gasteiger partial charge in [-0.25, -0.2) is 0 Å². The van der Waals surface area contributed by atoms with Gasteiger partial charge in [-0.1, -0.05) is 45.2 Å². The van der Waals surface area contributed by atoms with Crippen LogP contribution in [-0.4, -0.2) is 4.92 Å².